The van der Waals surface area contributed by atoms with Crippen molar-refractivity contribution in [2.24, 2.45) is 7.05 Å². The van der Waals surface area contributed by atoms with Gasteiger partial charge in [0.15, 0.2) is 11.6 Å². The Morgan fingerprint density at radius 1 is 1.46 bits per heavy atom. The summed E-state index contributed by atoms with van der Waals surface area (Å²) in [6, 6.07) is 0. The molecular formula is C16H24N6O2. The molecule has 2 aromatic heterocycles. The minimum absolute atomic E-state index is 0.0758. The van der Waals surface area contributed by atoms with E-state index in [9.17, 15) is 4.79 Å². The maximum absolute atomic E-state index is 12.5. The molecule has 1 atom stereocenters. The monoisotopic (exact) mass is 332 g/mol. The molecule has 2 aromatic rings. The number of aromatic amines is 1. The predicted molar refractivity (Wildman–Crippen MR) is 87.3 cm³/mol. The number of nitrogens with one attached hydrogen (secondary N) is 1. The van der Waals surface area contributed by atoms with Crippen molar-refractivity contribution in [3.63, 3.8) is 0 Å². The number of H-pyrrole nitrogens is 1. The highest BCUT2D eigenvalue weighted by Gasteiger charge is 2.29. The Balaban J connectivity index is 1.65. The molecule has 130 valence electrons. The van der Waals surface area contributed by atoms with E-state index in [0.29, 0.717) is 31.9 Å². The molecule has 0 radical (unpaired) electrons. The van der Waals surface area contributed by atoms with Crippen LogP contribution in [0.3, 0.4) is 0 Å². The molecule has 8 nitrogen and oxygen atoms in total. The molecule has 1 aliphatic heterocycles. The van der Waals surface area contributed by atoms with Crippen molar-refractivity contribution in [3.05, 3.63) is 29.6 Å². The van der Waals surface area contributed by atoms with Crippen LogP contribution in [0.1, 0.15) is 44.1 Å². The van der Waals surface area contributed by atoms with Crippen LogP contribution in [0.4, 0.5) is 0 Å². The van der Waals surface area contributed by atoms with Gasteiger partial charge in [-0.3, -0.25) is 14.6 Å². The zero-order valence-corrected chi connectivity index (χ0v) is 14.6. The molecule has 1 amide bonds. The van der Waals surface area contributed by atoms with Gasteiger partial charge in [-0.05, 0) is 5.56 Å². The molecule has 0 saturated carbocycles. The standard InChI is InChI=1S/C16H24N6O2/c1-16(2,3)15-18-14(19-20-15)12-10-22(5-6-24-12)13(23)7-11-8-17-21(4)9-11/h8-9,12H,5-7,10H2,1-4H3,(H,18,19,20)/t12-/m1/s1. The second kappa shape index (κ2) is 6.35. The number of hydrogen-bond acceptors (Lipinski definition) is 5. The van der Waals surface area contributed by atoms with Crippen LogP contribution in [-0.2, 0) is 28.4 Å². The first-order chi connectivity index (χ1) is 11.3. The first-order valence-electron chi connectivity index (χ1n) is 8.12. The van der Waals surface area contributed by atoms with E-state index in [1.165, 1.54) is 0 Å². The number of carbonyl (C=O) groups excluding carboxylic acids is 1. The van der Waals surface area contributed by atoms with Crippen molar-refractivity contribution in [2.45, 2.75) is 38.7 Å². The van der Waals surface area contributed by atoms with E-state index in [4.69, 9.17) is 4.74 Å². The van der Waals surface area contributed by atoms with Crippen molar-refractivity contribution < 1.29 is 9.53 Å². The molecule has 3 heterocycles. The molecule has 0 bridgehead atoms. The summed E-state index contributed by atoms with van der Waals surface area (Å²) < 4.78 is 7.48. The fourth-order valence-corrected chi connectivity index (χ4v) is 2.64. The zero-order chi connectivity index (χ0) is 17.3. The number of morpholine rings is 1. The van der Waals surface area contributed by atoms with E-state index >= 15 is 0 Å². The van der Waals surface area contributed by atoms with Crippen LogP contribution in [0.5, 0.6) is 0 Å². The molecule has 1 fully saturated rings. The molecule has 0 unspecified atom stereocenters. The van der Waals surface area contributed by atoms with Crippen LogP contribution in [-0.4, -0.2) is 55.5 Å². The highest BCUT2D eigenvalue weighted by atomic mass is 16.5. The summed E-state index contributed by atoms with van der Waals surface area (Å²) in [5, 5.41) is 11.3. The number of carbonyl (C=O) groups is 1. The van der Waals surface area contributed by atoms with Crippen LogP contribution < -0.4 is 0 Å². The lowest BCUT2D eigenvalue weighted by atomic mass is 9.96. The molecule has 1 N–H and O–H groups in total. The minimum Gasteiger partial charge on any atom is -0.367 e. The second-order valence-electron chi connectivity index (χ2n) is 7.19. The summed E-state index contributed by atoms with van der Waals surface area (Å²) in [4.78, 5) is 18.9. The maximum Gasteiger partial charge on any atom is 0.227 e. The largest absolute Gasteiger partial charge is 0.367 e. The summed E-state index contributed by atoms with van der Waals surface area (Å²) in [5.41, 5.74) is 0.791. The lowest BCUT2D eigenvalue weighted by Gasteiger charge is -2.31. The number of amides is 1. The Labute approximate surface area is 141 Å². The molecule has 3 rings (SSSR count). The zero-order valence-electron chi connectivity index (χ0n) is 14.6. The third-order valence-corrected chi connectivity index (χ3v) is 4.01. The minimum atomic E-state index is -0.264. The molecular weight excluding hydrogens is 308 g/mol. The van der Waals surface area contributed by atoms with Crippen LogP contribution in [0.25, 0.3) is 0 Å². The third-order valence-electron chi connectivity index (χ3n) is 4.01. The van der Waals surface area contributed by atoms with E-state index in [1.54, 1.807) is 10.9 Å². The van der Waals surface area contributed by atoms with Gasteiger partial charge in [0.1, 0.15) is 6.10 Å². The van der Waals surface area contributed by atoms with Gasteiger partial charge in [0, 0.05) is 25.2 Å². The molecule has 1 saturated heterocycles. The number of aromatic nitrogens is 5. The van der Waals surface area contributed by atoms with Crippen molar-refractivity contribution in [2.75, 3.05) is 19.7 Å². The van der Waals surface area contributed by atoms with Crippen molar-refractivity contribution in [1.29, 1.82) is 0 Å². The average Bonchev–Trinajstić information content (AvgIpc) is 3.16. The van der Waals surface area contributed by atoms with Gasteiger partial charge < -0.3 is 9.64 Å². The number of nitrogens with zero attached hydrogens (tertiary/aromatic N) is 5. The van der Waals surface area contributed by atoms with Crippen molar-refractivity contribution >= 4 is 5.91 Å². The van der Waals surface area contributed by atoms with Crippen LogP contribution in [0, 0.1) is 0 Å². The molecule has 24 heavy (non-hydrogen) atoms. The SMILES string of the molecule is Cn1cc(CC(=O)N2CCO[C@@H](c3nc(C(C)(C)C)n[nH]3)C2)cn1. The quantitative estimate of drug-likeness (QED) is 0.905. The lowest BCUT2D eigenvalue weighted by Crippen LogP contribution is -2.43. The summed E-state index contributed by atoms with van der Waals surface area (Å²) >= 11 is 0. The molecule has 0 spiro atoms. The Morgan fingerprint density at radius 3 is 2.88 bits per heavy atom. The normalized spacial score (nSPS) is 18.8. The van der Waals surface area contributed by atoms with E-state index < -0.39 is 0 Å². The Bertz CT molecular complexity index is 714. The van der Waals surface area contributed by atoms with Crippen LogP contribution in [0.2, 0.25) is 0 Å². The fraction of sp³-hybridized carbons (Fsp3) is 0.625. The van der Waals surface area contributed by atoms with Gasteiger partial charge in [0.25, 0.3) is 0 Å². The van der Waals surface area contributed by atoms with Gasteiger partial charge in [-0.1, -0.05) is 20.8 Å². The number of hydrogen-bond donors (Lipinski definition) is 1. The summed E-state index contributed by atoms with van der Waals surface area (Å²) in [7, 11) is 1.84. The van der Waals surface area contributed by atoms with E-state index in [2.05, 4.69) is 41.1 Å². The summed E-state index contributed by atoms with van der Waals surface area (Å²) in [5.74, 6) is 1.51. The Hall–Kier alpha value is -2.22. The van der Waals surface area contributed by atoms with Gasteiger partial charge >= 0.3 is 0 Å². The number of rotatable bonds is 3. The molecule has 0 aromatic carbocycles. The van der Waals surface area contributed by atoms with Crippen LogP contribution in [0.15, 0.2) is 12.4 Å². The van der Waals surface area contributed by atoms with Gasteiger partial charge in [0.05, 0.1) is 25.8 Å². The lowest BCUT2D eigenvalue weighted by molar-refractivity contribution is -0.138. The first kappa shape index (κ1) is 16.6. The molecule has 1 aliphatic rings. The topological polar surface area (TPSA) is 88.9 Å². The maximum atomic E-state index is 12.5. The number of aryl methyl sites for hydroxylation is 1. The predicted octanol–water partition coefficient (Wildman–Crippen LogP) is 0.978. The van der Waals surface area contributed by atoms with Gasteiger partial charge in [0.2, 0.25) is 5.91 Å². The summed E-state index contributed by atoms with van der Waals surface area (Å²) in [6.45, 7) is 7.75. The average molecular weight is 332 g/mol. The second-order valence-corrected chi connectivity index (χ2v) is 7.19. The number of ether oxygens (including phenoxy) is 1. The highest BCUT2D eigenvalue weighted by Crippen LogP contribution is 2.23. The van der Waals surface area contributed by atoms with E-state index in [0.717, 1.165) is 11.4 Å². The van der Waals surface area contributed by atoms with Gasteiger partial charge in [-0.25, -0.2) is 4.98 Å². The van der Waals surface area contributed by atoms with Crippen molar-refractivity contribution in [1.82, 2.24) is 29.9 Å². The van der Waals surface area contributed by atoms with Crippen molar-refractivity contribution in [3.8, 4) is 0 Å². The van der Waals surface area contributed by atoms with Gasteiger partial charge in [-0.15, -0.1) is 0 Å². The smallest absolute Gasteiger partial charge is 0.227 e. The Kier molecular flexibility index (Phi) is 4.40. The third kappa shape index (κ3) is 3.64. The van der Waals surface area contributed by atoms with E-state index in [-0.39, 0.29) is 17.4 Å². The van der Waals surface area contributed by atoms with Crippen LogP contribution >= 0.6 is 0 Å². The van der Waals surface area contributed by atoms with Gasteiger partial charge in [-0.2, -0.15) is 10.2 Å². The fourth-order valence-electron chi connectivity index (χ4n) is 2.64. The Morgan fingerprint density at radius 2 is 2.25 bits per heavy atom. The molecule has 0 aliphatic carbocycles. The van der Waals surface area contributed by atoms with E-state index in [1.807, 2.05) is 18.1 Å². The highest BCUT2D eigenvalue weighted by molar-refractivity contribution is 5.78. The first-order valence-corrected chi connectivity index (χ1v) is 8.12. The summed E-state index contributed by atoms with van der Waals surface area (Å²) in [6.07, 6.45) is 3.67. The molecule has 8 heteroatoms.